The second-order valence-corrected chi connectivity index (χ2v) is 5.11. The number of nitrogens with one attached hydrogen (secondary N) is 1. The maximum Gasteiger partial charge on any atom is 0.227 e. The zero-order valence-corrected chi connectivity index (χ0v) is 9.98. The lowest BCUT2D eigenvalue weighted by molar-refractivity contribution is -0.140. The molecule has 16 heavy (non-hydrogen) atoms. The largest absolute Gasteiger partial charge is 0.394 e. The molecular formula is C12H22N2O2. The van der Waals surface area contributed by atoms with E-state index in [9.17, 15) is 9.90 Å². The van der Waals surface area contributed by atoms with Gasteiger partial charge in [-0.15, -0.1) is 0 Å². The monoisotopic (exact) mass is 226 g/mol. The van der Waals surface area contributed by atoms with Crippen LogP contribution in [0, 0.1) is 11.8 Å². The first-order valence-electron chi connectivity index (χ1n) is 6.36. The number of aliphatic hydroxyl groups excluding tert-OH is 1. The Morgan fingerprint density at radius 2 is 2.25 bits per heavy atom. The van der Waals surface area contributed by atoms with Crippen LogP contribution in [0.15, 0.2) is 0 Å². The second-order valence-electron chi connectivity index (χ2n) is 5.11. The molecule has 2 aliphatic heterocycles. The van der Waals surface area contributed by atoms with Crippen molar-refractivity contribution in [1.82, 2.24) is 10.2 Å². The van der Waals surface area contributed by atoms with Crippen LogP contribution < -0.4 is 5.32 Å². The molecule has 2 rings (SSSR count). The highest BCUT2D eigenvalue weighted by atomic mass is 16.3. The summed E-state index contributed by atoms with van der Waals surface area (Å²) in [4.78, 5) is 14.3. The number of likely N-dealkylation sites (tertiary alicyclic amines) is 1. The van der Waals surface area contributed by atoms with Gasteiger partial charge in [-0.2, -0.15) is 0 Å². The van der Waals surface area contributed by atoms with Crippen molar-refractivity contribution >= 4 is 5.91 Å². The third-order valence-corrected chi connectivity index (χ3v) is 3.96. The van der Waals surface area contributed by atoms with Crippen LogP contribution in [-0.2, 0) is 4.79 Å². The van der Waals surface area contributed by atoms with Gasteiger partial charge in [-0.1, -0.05) is 6.92 Å². The third-order valence-electron chi connectivity index (χ3n) is 3.96. The van der Waals surface area contributed by atoms with Crippen LogP contribution in [0.4, 0.5) is 0 Å². The van der Waals surface area contributed by atoms with Gasteiger partial charge in [0.25, 0.3) is 0 Å². The lowest BCUT2D eigenvalue weighted by Crippen LogP contribution is -2.49. The highest BCUT2D eigenvalue weighted by Gasteiger charge is 2.36. The molecule has 0 saturated carbocycles. The molecule has 92 valence electrons. The van der Waals surface area contributed by atoms with E-state index in [0.717, 1.165) is 38.9 Å². The van der Waals surface area contributed by atoms with E-state index in [4.69, 9.17) is 0 Å². The second kappa shape index (κ2) is 5.15. The van der Waals surface area contributed by atoms with Crippen molar-refractivity contribution in [3.63, 3.8) is 0 Å². The normalized spacial score (nSPS) is 35.4. The van der Waals surface area contributed by atoms with Crippen LogP contribution in [0.1, 0.15) is 26.2 Å². The molecule has 0 spiro atoms. The van der Waals surface area contributed by atoms with Gasteiger partial charge in [0, 0.05) is 13.1 Å². The minimum absolute atomic E-state index is 0.0639. The molecule has 1 unspecified atom stereocenters. The first kappa shape index (κ1) is 11.9. The average Bonchev–Trinajstić information content (AvgIpc) is 2.74. The Labute approximate surface area is 97.0 Å². The van der Waals surface area contributed by atoms with Gasteiger partial charge < -0.3 is 15.3 Å². The summed E-state index contributed by atoms with van der Waals surface area (Å²) in [5.41, 5.74) is 0. The Bertz CT molecular complexity index is 257. The van der Waals surface area contributed by atoms with Gasteiger partial charge in [0.05, 0.1) is 18.6 Å². The lowest BCUT2D eigenvalue weighted by Gasteiger charge is -2.36. The number of carbonyl (C=O) groups excluding carboxylic acids is 1. The molecule has 0 aliphatic carbocycles. The third kappa shape index (κ3) is 2.23. The molecule has 2 aliphatic rings. The Hall–Kier alpha value is -0.610. The number of aliphatic hydroxyl groups is 1. The van der Waals surface area contributed by atoms with Crippen molar-refractivity contribution in [1.29, 1.82) is 0 Å². The Morgan fingerprint density at radius 3 is 2.88 bits per heavy atom. The standard InChI is InChI=1S/C12H22N2O2/c1-9-6-13-7-11(9)12(16)14-5-3-2-4-10(14)8-15/h9-11,13,15H,2-8H2,1H3/t9-,10?,11-/m1/s1. The highest BCUT2D eigenvalue weighted by Crippen LogP contribution is 2.24. The fraction of sp³-hybridized carbons (Fsp3) is 0.917. The summed E-state index contributed by atoms with van der Waals surface area (Å²) in [5.74, 6) is 0.789. The molecule has 0 bridgehead atoms. The van der Waals surface area contributed by atoms with Crippen LogP contribution in [-0.4, -0.2) is 48.2 Å². The van der Waals surface area contributed by atoms with E-state index in [1.165, 1.54) is 0 Å². The Balaban J connectivity index is 2.01. The predicted octanol–water partition coefficient (Wildman–Crippen LogP) is 0.215. The van der Waals surface area contributed by atoms with Gasteiger partial charge >= 0.3 is 0 Å². The van der Waals surface area contributed by atoms with Crippen LogP contribution >= 0.6 is 0 Å². The molecule has 2 N–H and O–H groups in total. The summed E-state index contributed by atoms with van der Waals surface area (Å²) in [7, 11) is 0. The molecular weight excluding hydrogens is 204 g/mol. The summed E-state index contributed by atoms with van der Waals surface area (Å²) >= 11 is 0. The lowest BCUT2D eigenvalue weighted by atomic mass is 9.93. The number of hydrogen-bond acceptors (Lipinski definition) is 3. The zero-order valence-electron chi connectivity index (χ0n) is 9.98. The molecule has 2 heterocycles. The molecule has 3 atom stereocenters. The minimum Gasteiger partial charge on any atom is -0.394 e. The van der Waals surface area contributed by atoms with E-state index in [0.29, 0.717) is 5.92 Å². The topological polar surface area (TPSA) is 52.6 Å². The van der Waals surface area contributed by atoms with E-state index in [-0.39, 0.29) is 24.5 Å². The van der Waals surface area contributed by atoms with Gasteiger partial charge in [0.2, 0.25) is 5.91 Å². The minimum atomic E-state index is 0.0639. The van der Waals surface area contributed by atoms with Crippen molar-refractivity contribution in [3.8, 4) is 0 Å². The van der Waals surface area contributed by atoms with E-state index in [1.54, 1.807) is 0 Å². The quantitative estimate of drug-likeness (QED) is 0.708. The summed E-state index contributed by atoms with van der Waals surface area (Å²) in [6.45, 7) is 4.80. The zero-order chi connectivity index (χ0) is 11.5. The number of nitrogens with zero attached hydrogens (tertiary/aromatic N) is 1. The smallest absolute Gasteiger partial charge is 0.227 e. The van der Waals surface area contributed by atoms with Crippen LogP contribution in [0.5, 0.6) is 0 Å². The van der Waals surface area contributed by atoms with Gasteiger partial charge in [0.1, 0.15) is 0 Å². The van der Waals surface area contributed by atoms with Gasteiger partial charge in [-0.05, 0) is 31.7 Å². The predicted molar refractivity (Wildman–Crippen MR) is 62.0 cm³/mol. The van der Waals surface area contributed by atoms with E-state index in [1.807, 2.05) is 4.90 Å². The van der Waals surface area contributed by atoms with Crippen molar-refractivity contribution in [2.24, 2.45) is 11.8 Å². The molecule has 0 aromatic carbocycles. The molecule has 1 amide bonds. The first-order valence-corrected chi connectivity index (χ1v) is 6.36. The summed E-state index contributed by atoms with van der Waals surface area (Å²) in [6.07, 6.45) is 3.17. The number of amides is 1. The average molecular weight is 226 g/mol. The number of piperidine rings is 1. The number of hydrogen-bond donors (Lipinski definition) is 2. The van der Waals surface area contributed by atoms with E-state index in [2.05, 4.69) is 12.2 Å². The number of carbonyl (C=O) groups is 1. The maximum atomic E-state index is 12.4. The van der Waals surface area contributed by atoms with E-state index >= 15 is 0 Å². The Morgan fingerprint density at radius 1 is 1.44 bits per heavy atom. The molecule has 0 aromatic heterocycles. The molecule has 0 aromatic rings. The highest BCUT2D eigenvalue weighted by molar-refractivity contribution is 5.80. The summed E-state index contributed by atoms with van der Waals surface area (Å²) in [5, 5.41) is 12.6. The summed E-state index contributed by atoms with van der Waals surface area (Å²) < 4.78 is 0. The van der Waals surface area contributed by atoms with Crippen molar-refractivity contribution < 1.29 is 9.90 Å². The first-order chi connectivity index (χ1) is 7.74. The molecule has 4 nitrogen and oxygen atoms in total. The maximum absolute atomic E-state index is 12.4. The Kier molecular flexibility index (Phi) is 3.82. The van der Waals surface area contributed by atoms with Crippen LogP contribution in [0.2, 0.25) is 0 Å². The van der Waals surface area contributed by atoms with Crippen molar-refractivity contribution in [3.05, 3.63) is 0 Å². The van der Waals surface area contributed by atoms with Gasteiger partial charge in [-0.3, -0.25) is 4.79 Å². The van der Waals surface area contributed by atoms with E-state index < -0.39 is 0 Å². The van der Waals surface area contributed by atoms with Crippen LogP contribution in [0.3, 0.4) is 0 Å². The van der Waals surface area contributed by atoms with Crippen LogP contribution in [0.25, 0.3) is 0 Å². The SMILES string of the molecule is C[C@@H]1CNC[C@H]1C(=O)N1CCCCC1CO. The molecule has 4 heteroatoms. The molecule has 0 radical (unpaired) electrons. The summed E-state index contributed by atoms with van der Waals surface area (Å²) in [6, 6.07) is 0.0639. The molecule has 2 saturated heterocycles. The van der Waals surface area contributed by atoms with Gasteiger partial charge in [-0.25, -0.2) is 0 Å². The van der Waals surface area contributed by atoms with Gasteiger partial charge in [0.15, 0.2) is 0 Å². The fourth-order valence-corrected chi connectivity index (χ4v) is 2.83. The van der Waals surface area contributed by atoms with Crippen molar-refractivity contribution in [2.75, 3.05) is 26.2 Å². The molecule has 2 fully saturated rings. The van der Waals surface area contributed by atoms with Crippen molar-refractivity contribution in [2.45, 2.75) is 32.2 Å². The number of rotatable bonds is 2. The fourth-order valence-electron chi connectivity index (χ4n) is 2.83.